The Bertz CT molecular complexity index is 400. The van der Waals surface area contributed by atoms with Crippen LogP contribution in [0.1, 0.15) is 12.0 Å². The third-order valence-electron chi connectivity index (χ3n) is 2.74. The molecule has 1 N–H and O–H groups in total. The van der Waals surface area contributed by atoms with Gasteiger partial charge in [-0.3, -0.25) is 4.79 Å². The van der Waals surface area contributed by atoms with Crippen LogP contribution in [0.3, 0.4) is 0 Å². The first-order chi connectivity index (χ1) is 7.66. The Hall–Kier alpha value is -1.42. The summed E-state index contributed by atoms with van der Waals surface area (Å²) < 4.78 is 18.4. The maximum Gasteiger partial charge on any atom is 0.229 e. The summed E-state index contributed by atoms with van der Waals surface area (Å²) in [6.07, 6.45) is 0.736. The van der Waals surface area contributed by atoms with Gasteiger partial charge in [0.1, 0.15) is 5.82 Å². The van der Waals surface area contributed by atoms with Crippen LogP contribution in [0.25, 0.3) is 0 Å². The number of carbonyl (C=O) groups excluding carboxylic acids is 1. The zero-order chi connectivity index (χ0) is 11.5. The third-order valence-corrected chi connectivity index (χ3v) is 2.74. The van der Waals surface area contributed by atoms with Gasteiger partial charge in [-0.25, -0.2) is 4.39 Å². The number of rotatable bonds is 2. The molecule has 0 radical (unpaired) electrons. The predicted octanol–water partition coefficient (Wildman–Crippen LogP) is 2.11. The van der Waals surface area contributed by atoms with E-state index < -0.39 is 0 Å². The lowest BCUT2D eigenvalue weighted by molar-refractivity contribution is -0.119. The number of carbonyl (C=O) groups is 1. The van der Waals surface area contributed by atoms with E-state index >= 15 is 0 Å². The molecule has 1 aliphatic heterocycles. The smallest absolute Gasteiger partial charge is 0.229 e. The van der Waals surface area contributed by atoms with Crippen LogP contribution in [0.4, 0.5) is 10.1 Å². The molecule has 1 amide bonds. The molecule has 0 bridgehead atoms. The van der Waals surface area contributed by atoms with Crippen molar-refractivity contribution in [3.63, 3.8) is 0 Å². The second kappa shape index (κ2) is 4.61. The summed E-state index contributed by atoms with van der Waals surface area (Å²) in [4.78, 5) is 11.7. The molecule has 0 unspecified atom stereocenters. The molecule has 1 fully saturated rings. The maximum atomic E-state index is 13.2. The summed E-state index contributed by atoms with van der Waals surface area (Å²) in [6.45, 7) is 2.77. The van der Waals surface area contributed by atoms with Gasteiger partial charge in [0.25, 0.3) is 0 Å². The molecule has 16 heavy (non-hydrogen) atoms. The van der Waals surface area contributed by atoms with Gasteiger partial charge in [0, 0.05) is 12.3 Å². The summed E-state index contributed by atoms with van der Waals surface area (Å²) in [5.41, 5.74) is 1.07. The van der Waals surface area contributed by atoms with E-state index in [2.05, 4.69) is 5.32 Å². The van der Waals surface area contributed by atoms with Gasteiger partial charge in [0.15, 0.2) is 0 Å². The third kappa shape index (κ3) is 2.39. The van der Waals surface area contributed by atoms with Crippen LogP contribution < -0.4 is 5.32 Å². The standard InChI is InChI=1S/C12H14FNO2/c1-8-2-3-10(6-11(8)13)14-12(15)9-4-5-16-7-9/h2-3,6,9H,4-5,7H2,1H3,(H,14,15)/t9-/m1/s1. The van der Waals surface area contributed by atoms with Gasteiger partial charge in [-0.05, 0) is 31.0 Å². The van der Waals surface area contributed by atoms with Crippen LogP contribution in [0.15, 0.2) is 18.2 Å². The number of anilines is 1. The predicted molar refractivity (Wildman–Crippen MR) is 58.7 cm³/mol. The largest absolute Gasteiger partial charge is 0.381 e. The molecule has 0 spiro atoms. The molecule has 3 nitrogen and oxygen atoms in total. The van der Waals surface area contributed by atoms with Gasteiger partial charge >= 0.3 is 0 Å². The fraction of sp³-hybridized carbons (Fsp3) is 0.417. The molecule has 0 saturated carbocycles. The number of hydrogen-bond donors (Lipinski definition) is 1. The van der Waals surface area contributed by atoms with E-state index in [0.717, 1.165) is 6.42 Å². The SMILES string of the molecule is Cc1ccc(NC(=O)[C@@H]2CCOC2)cc1F. The first-order valence-electron chi connectivity index (χ1n) is 5.31. The Balaban J connectivity index is 2.02. The molecule has 0 aliphatic carbocycles. The average molecular weight is 223 g/mol. The normalized spacial score (nSPS) is 19.8. The van der Waals surface area contributed by atoms with E-state index in [1.54, 1.807) is 19.1 Å². The van der Waals surface area contributed by atoms with E-state index in [4.69, 9.17) is 4.74 Å². The zero-order valence-electron chi connectivity index (χ0n) is 9.13. The van der Waals surface area contributed by atoms with Crippen LogP contribution >= 0.6 is 0 Å². The molecule has 86 valence electrons. The molecule has 0 aromatic heterocycles. The van der Waals surface area contributed by atoms with Crippen LogP contribution in [0, 0.1) is 18.7 Å². The van der Waals surface area contributed by atoms with Gasteiger partial charge in [-0.2, -0.15) is 0 Å². The summed E-state index contributed by atoms with van der Waals surface area (Å²) in [5, 5.41) is 2.69. The summed E-state index contributed by atoms with van der Waals surface area (Å²) in [5.74, 6) is -0.509. The van der Waals surface area contributed by atoms with E-state index in [0.29, 0.717) is 24.5 Å². The van der Waals surface area contributed by atoms with Gasteiger partial charge in [-0.1, -0.05) is 6.07 Å². The quantitative estimate of drug-likeness (QED) is 0.833. The molecular formula is C12H14FNO2. The molecule has 1 heterocycles. The second-order valence-electron chi connectivity index (χ2n) is 4.01. The van der Waals surface area contributed by atoms with Crippen molar-refractivity contribution >= 4 is 11.6 Å². The Kier molecular flexibility index (Phi) is 3.19. The van der Waals surface area contributed by atoms with E-state index in [1.807, 2.05) is 0 Å². The molecule has 1 aliphatic rings. The highest BCUT2D eigenvalue weighted by atomic mass is 19.1. The molecule has 1 saturated heterocycles. The molecule has 4 heteroatoms. The fourth-order valence-electron chi connectivity index (χ4n) is 1.66. The summed E-state index contributed by atoms with van der Waals surface area (Å²) >= 11 is 0. The van der Waals surface area contributed by atoms with Crippen molar-refractivity contribution in [3.05, 3.63) is 29.6 Å². The van der Waals surface area contributed by atoms with Crippen molar-refractivity contribution in [2.75, 3.05) is 18.5 Å². The van der Waals surface area contributed by atoms with Crippen molar-refractivity contribution in [2.45, 2.75) is 13.3 Å². The molecule has 1 aromatic carbocycles. The number of ether oxygens (including phenoxy) is 1. The fourth-order valence-corrected chi connectivity index (χ4v) is 1.66. The Morgan fingerprint density at radius 1 is 1.56 bits per heavy atom. The monoisotopic (exact) mass is 223 g/mol. The van der Waals surface area contributed by atoms with Crippen molar-refractivity contribution in [1.29, 1.82) is 0 Å². The lowest BCUT2D eigenvalue weighted by Gasteiger charge is -2.09. The van der Waals surface area contributed by atoms with Crippen LogP contribution in [0.2, 0.25) is 0 Å². The minimum absolute atomic E-state index is 0.0965. The lowest BCUT2D eigenvalue weighted by atomic mass is 10.1. The van der Waals surface area contributed by atoms with Crippen molar-refractivity contribution < 1.29 is 13.9 Å². The number of amides is 1. The van der Waals surface area contributed by atoms with Crippen LogP contribution in [-0.2, 0) is 9.53 Å². The van der Waals surface area contributed by atoms with E-state index in [9.17, 15) is 9.18 Å². The molecule has 1 atom stereocenters. The topological polar surface area (TPSA) is 38.3 Å². The first kappa shape index (κ1) is 11.1. The van der Waals surface area contributed by atoms with Gasteiger partial charge in [-0.15, -0.1) is 0 Å². The Morgan fingerprint density at radius 3 is 3.00 bits per heavy atom. The highest BCUT2D eigenvalue weighted by Crippen LogP contribution is 2.17. The Morgan fingerprint density at radius 2 is 2.38 bits per heavy atom. The highest BCUT2D eigenvalue weighted by Gasteiger charge is 2.23. The average Bonchev–Trinajstić information content (AvgIpc) is 2.77. The minimum atomic E-state index is -0.305. The van der Waals surface area contributed by atoms with Gasteiger partial charge in [0.05, 0.1) is 12.5 Å². The van der Waals surface area contributed by atoms with Crippen LogP contribution in [-0.4, -0.2) is 19.1 Å². The number of aryl methyl sites for hydroxylation is 1. The molecule has 1 aromatic rings. The van der Waals surface area contributed by atoms with Crippen molar-refractivity contribution in [2.24, 2.45) is 5.92 Å². The summed E-state index contributed by atoms with van der Waals surface area (Å²) in [6, 6.07) is 4.69. The maximum absolute atomic E-state index is 13.2. The minimum Gasteiger partial charge on any atom is -0.381 e. The molecular weight excluding hydrogens is 209 g/mol. The van der Waals surface area contributed by atoms with E-state index in [1.165, 1.54) is 6.07 Å². The number of nitrogens with one attached hydrogen (secondary N) is 1. The van der Waals surface area contributed by atoms with Gasteiger partial charge < -0.3 is 10.1 Å². The van der Waals surface area contributed by atoms with Crippen molar-refractivity contribution in [3.8, 4) is 0 Å². The number of halogens is 1. The highest BCUT2D eigenvalue weighted by molar-refractivity contribution is 5.92. The zero-order valence-corrected chi connectivity index (χ0v) is 9.13. The van der Waals surface area contributed by atoms with Crippen LogP contribution in [0.5, 0.6) is 0 Å². The summed E-state index contributed by atoms with van der Waals surface area (Å²) in [7, 11) is 0. The number of hydrogen-bond acceptors (Lipinski definition) is 2. The Labute approximate surface area is 93.6 Å². The first-order valence-corrected chi connectivity index (χ1v) is 5.31. The lowest BCUT2D eigenvalue weighted by Crippen LogP contribution is -2.22. The second-order valence-corrected chi connectivity index (χ2v) is 4.01. The van der Waals surface area contributed by atoms with E-state index in [-0.39, 0.29) is 17.6 Å². The molecule has 2 rings (SSSR count). The number of benzene rings is 1. The van der Waals surface area contributed by atoms with Crippen molar-refractivity contribution in [1.82, 2.24) is 0 Å². The van der Waals surface area contributed by atoms with Gasteiger partial charge in [0.2, 0.25) is 5.91 Å².